The third kappa shape index (κ3) is 3.51. The summed E-state index contributed by atoms with van der Waals surface area (Å²) in [4.78, 5) is 23.9. The molecule has 1 fully saturated rings. The molecule has 1 saturated heterocycles. The van der Waals surface area contributed by atoms with Gasteiger partial charge in [0.25, 0.3) is 0 Å². The quantitative estimate of drug-likeness (QED) is 0.741. The normalized spacial score (nSPS) is 19.8. The fourth-order valence-electron chi connectivity index (χ4n) is 1.69. The molecule has 1 rings (SSSR count). The van der Waals surface area contributed by atoms with Crippen LogP contribution in [0.3, 0.4) is 0 Å². The second-order valence-electron chi connectivity index (χ2n) is 3.71. The number of hydrogen-bond donors (Lipinski definition) is 1. The van der Waals surface area contributed by atoms with Crippen LogP contribution in [0.4, 0.5) is 0 Å². The molecule has 0 aromatic rings. The first-order chi connectivity index (χ1) is 7.15. The molecule has 0 spiro atoms. The van der Waals surface area contributed by atoms with Gasteiger partial charge in [0.05, 0.1) is 6.54 Å². The predicted molar refractivity (Wildman–Crippen MR) is 53.5 cm³/mol. The molecule has 1 aliphatic rings. The van der Waals surface area contributed by atoms with Crippen molar-refractivity contribution in [2.75, 3.05) is 20.2 Å². The number of nitrogens with zero attached hydrogens (tertiary/aromatic N) is 1. The third-order valence-electron chi connectivity index (χ3n) is 2.62. The second-order valence-corrected chi connectivity index (χ2v) is 3.71. The first-order valence-electron chi connectivity index (χ1n) is 5.18. The molecule has 1 amide bonds. The van der Waals surface area contributed by atoms with Crippen LogP contribution in [0, 0.1) is 0 Å². The van der Waals surface area contributed by atoms with E-state index in [0.29, 0.717) is 13.0 Å². The van der Waals surface area contributed by atoms with Gasteiger partial charge in [-0.3, -0.25) is 4.79 Å². The fourth-order valence-corrected chi connectivity index (χ4v) is 1.69. The summed E-state index contributed by atoms with van der Waals surface area (Å²) in [7, 11) is 1.35. The van der Waals surface area contributed by atoms with Gasteiger partial charge in [0.1, 0.15) is 0 Å². The number of carbonyl (C=O) groups excluding carboxylic acids is 1. The molecule has 0 aromatic carbocycles. The van der Waals surface area contributed by atoms with Crippen molar-refractivity contribution in [2.24, 2.45) is 0 Å². The molecule has 1 heterocycles. The van der Waals surface area contributed by atoms with Crippen LogP contribution in [0.2, 0.25) is 0 Å². The summed E-state index contributed by atoms with van der Waals surface area (Å²) in [5, 5.41) is 8.80. The summed E-state index contributed by atoms with van der Waals surface area (Å²) >= 11 is 0. The lowest BCUT2D eigenvalue weighted by Crippen LogP contribution is -2.41. The number of carboxylic acid groups (broad SMARTS) is 1. The maximum absolute atomic E-state index is 11.6. The van der Waals surface area contributed by atoms with Crippen molar-refractivity contribution in [2.45, 2.75) is 31.8 Å². The Bertz CT molecular complexity index is 242. The van der Waals surface area contributed by atoms with Gasteiger partial charge in [-0.05, 0) is 12.8 Å². The van der Waals surface area contributed by atoms with Crippen LogP contribution in [-0.4, -0.2) is 48.2 Å². The van der Waals surface area contributed by atoms with Gasteiger partial charge in [-0.25, -0.2) is 4.79 Å². The number of methoxy groups -OCH3 is 1. The average Bonchev–Trinajstić information content (AvgIpc) is 2.39. The Morgan fingerprint density at radius 2 is 2.27 bits per heavy atom. The number of carbonyl (C=O) groups is 2. The van der Waals surface area contributed by atoms with Crippen molar-refractivity contribution in [3.63, 3.8) is 0 Å². The second kappa shape index (κ2) is 5.70. The Morgan fingerprint density at radius 3 is 2.87 bits per heavy atom. The summed E-state index contributed by atoms with van der Waals surface area (Å²) in [5.41, 5.74) is 0. The number of hydrogen-bond acceptors (Lipinski definition) is 3. The van der Waals surface area contributed by atoms with Crippen molar-refractivity contribution in [1.29, 1.82) is 0 Å². The van der Waals surface area contributed by atoms with Crippen molar-refractivity contribution in [3.05, 3.63) is 0 Å². The van der Waals surface area contributed by atoms with Crippen LogP contribution in [0.1, 0.15) is 25.7 Å². The van der Waals surface area contributed by atoms with Crippen molar-refractivity contribution in [1.82, 2.24) is 4.90 Å². The van der Waals surface area contributed by atoms with Crippen LogP contribution in [0.25, 0.3) is 0 Å². The van der Waals surface area contributed by atoms with E-state index in [-0.39, 0.29) is 12.5 Å². The number of carboxylic acids is 1. The zero-order valence-electron chi connectivity index (χ0n) is 8.94. The van der Waals surface area contributed by atoms with Crippen LogP contribution in [0.15, 0.2) is 0 Å². The molecule has 0 saturated carbocycles. The first-order valence-corrected chi connectivity index (χ1v) is 5.18. The van der Waals surface area contributed by atoms with E-state index in [4.69, 9.17) is 9.84 Å². The Morgan fingerprint density at radius 1 is 1.53 bits per heavy atom. The standard InChI is InChI=1S/C10H17NO4/c1-15-8(10(13)14)7-11-6-4-2-3-5-9(11)12/h8H,2-7H2,1H3,(H,13,14). The highest BCUT2D eigenvalue weighted by atomic mass is 16.5. The molecule has 0 aliphatic carbocycles. The smallest absolute Gasteiger partial charge is 0.334 e. The summed E-state index contributed by atoms with van der Waals surface area (Å²) in [6.07, 6.45) is 2.50. The number of likely N-dealkylation sites (tertiary alicyclic amines) is 1. The predicted octanol–water partition coefficient (Wildman–Crippen LogP) is 0.489. The summed E-state index contributed by atoms with van der Waals surface area (Å²) in [6.45, 7) is 0.802. The summed E-state index contributed by atoms with van der Waals surface area (Å²) in [5.74, 6) is -0.981. The maximum Gasteiger partial charge on any atom is 0.334 e. The Hall–Kier alpha value is -1.10. The van der Waals surface area contributed by atoms with Crippen LogP contribution in [-0.2, 0) is 14.3 Å². The van der Waals surface area contributed by atoms with Gasteiger partial charge >= 0.3 is 5.97 Å². The van der Waals surface area contributed by atoms with Gasteiger partial charge in [0, 0.05) is 20.1 Å². The largest absolute Gasteiger partial charge is 0.479 e. The molecule has 15 heavy (non-hydrogen) atoms. The van der Waals surface area contributed by atoms with E-state index in [1.165, 1.54) is 7.11 Å². The molecule has 1 aliphatic heterocycles. The Kier molecular flexibility index (Phi) is 4.55. The molecule has 1 unspecified atom stereocenters. The first kappa shape index (κ1) is 12.0. The van der Waals surface area contributed by atoms with E-state index in [1.54, 1.807) is 4.90 Å². The minimum atomic E-state index is -1.02. The molecule has 0 radical (unpaired) electrons. The molecule has 1 N–H and O–H groups in total. The molecule has 0 bridgehead atoms. The minimum absolute atomic E-state index is 0.0378. The van der Waals surface area contributed by atoms with E-state index in [0.717, 1.165) is 19.3 Å². The fraction of sp³-hybridized carbons (Fsp3) is 0.800. The van der Waals surface area contributed by atoms with Crippen molar-refractivity contribution in [3.8, 4) is 0 Å². The van der Waals surface area contributed by atoms with Gasteiger partial charge < -0.3 is 14.7 Å². The Balaban J connectivity index is 2.53. The number of ether oxygens (including phenoxy) is 1. The van der Waals surface area contributed by atoms with E-state index in [1.807, 2.05) is 0 Å². The highest BCUT2D eigenvalue weighted by Crippen LogP contribution is 2.12. The van der Waals surface area contributed by atoms with E-state index in [9.17, 15) is 9.59 Å². The lowest BCUT2D eigenvalue weighted by atomic mass is 10.2. The van der Waals surface area contributed by atoms with Crippen LogP contribution >= 0.6 is 0 Å². The van der Waals surface area contributed by atoms with Gasteiger partial charge in [-0.2, -0.15) is 0 Å². The molecule has 86 valence electrons. The monoisotopic (exact) mass is 215 g/mol. The Labute approximate surface area is 89.0 Å². The van der Waals surface area contributed by atoms with Gasteiger partial charge in [0.2, 0.25) is 5.91 Å². The van der Waals surface area contributed by atoms with Crippen LogP contribution < -0.4 is 0 Å². The number of aliphatic carboxylic acids is 1. The molecular weight excluding hydrogens is 198 g/mol. The molecule has 0 aromatic heterocycles. The third-order valence-corrected chi connectivity index (χ3v) is 2.62. The SMILES string of the molecule is COC(CN1CCCCCC1=O)C(=O)O. The van der Waals surface area contributed by atoms with Crippen molar-refractivity contribution >= 4 is 11.9 Å². The average molecular weight is 215 g/mol. The zero-order valence-corrected chi connectivity index (χ0v) is 8.94. The summed E-state index contributed by atoms with van der Waals surface area (Å²) < 4.78 is 4.81. The molecule has 5 heteroatoms. The summed E-state index contributed by atoms with van der Waals surface area (Å²) in [6, 6.07) is 0. The van der Waals surface area contributed by atoms with Gasteiger partial charge in [-0.15, -0.1) is 0 Å². The highest BCUT2D eigenvalue weighted by molar-refractivity contribution is 5.78. The molecule has 5 nitrogen and oxygen atoms in total. The van der Waals surface area contributed by atoms with E-state index in [2.05, 4.69) is 0 Å². The highest BCUT2D eigenvalue weighted by Gasteiger charge is 2.24. The molecule has 1 atom stereocenters. The number of rotatable bonds is 4. The maximum atomic E-state index is 11.6. The van der Waals surface area contributed by atoms with Gasteiger partial charge in [0.15, 0.2) is 6.10 Å². The van der Waals surface area contributed by atoms with E-state index >= 15 is 0 Å². The number of amides is 1. The van der Waals surface area contributed by atoms with Gasteiger partial charge in [-0.1, -0.05) is 6.42 Å². The topological polar surface area (TPSA) is 66.8 Å². The minimum Gasteiger partial charge on any atom is -0.479 e. The van der Waals surface area contributed by atoms with Crippen LogP contribution in [0.5, 0.6) is 0 Å². The molecular formula is C10H17NO4. The zero-order chi connectivity index (χ0) is 11.3. The lowest BCUT2D eigenvalue weighted by molar-refractivity contribution is -0.151. The van der Waals surface area contributed by atoms with Crippen molar-refractivity contribution < 1.29 is 19.4 Å². The lowest BCUT2D eigenvalue weighted by Gasteiger charge is -2.23. The van der Waals surface area contributed by atoms with E-state index < -0.39 is 12.1 Å².